The van der Waals surface area contributed by atoms with Gasteiger partial charge in [0.15, 0.2) is 11.6 Å². The van der Waals surface area contributed by atoms with Gasteiger partial charge in [-0.05, 0) is 55.4 Å². The normalized spacial score (nSPS) is 19.1. The molecule has 7 heteroatoms. The summed E-state index contributed by atoms with van der Waals surface area (Å²) >= 11 is 11.9. The first-order valence-electron chi connectivity index (χ1n) is 8.95. The van der Waals surface area contributed by atoms with Crippen molar-refractivity contribution >= 4 is 23.2 Å². The summed E-state index contributed by atoms with van der Waals surface area (Å²) in [6, 6.07) is 3.15. The van der Waals surface area contributed by atoms with Crippen LogP contribution in [0.3, 0.4) is 0 Å². The van der Waals surface area contributed by atoms with E-state index < -0.39 is 0 Å². The number of halogens is 2. The van der Waals surface area contributed by atoms with E-state index in [2.05, 4.69) is 28.2 Å². The van der Waals surface area contributed by atoms with E-state index in [1.54, 1.807) is 23.9 Å². The van der Waals surface area contributed by atoms with Crippen LogP contribution in [0, 0.1) is 5.92 Å². The summed E-state index contributed by atoms with van der Waals surface area (Å²) < 4.78 is 5.99. The van der Waals surface area contributed by atoms with Crippen LogP contribution in [0.15, 0.2) is 41.3 Å². The number of rotatable bonds is 4. The first-order chi connectivity index (χ1) is 13.0. The number of hydrogen-bond acceptors (Lipinski definition) is 5. The van der Waals surface area contributed by atoms with Crippen molar-refractivity contribution in [2.45, 2.75) is 39.2 Å². The first-order valence-corrected chi connectivity index (χ1v) is 9.70. The van der Waals surface area contributed by atoms with E-state index in [0.29, 0.717) is 23.0 Å². The molecule has 2 aromatic rings. The lowest BCUT2D eigenvalue weighted by Crippen LogP contribution is -2.09. The molecule has 0 amide bonds. The number of phenolic OH excluding ortho intramolecular Hbond substituents is 1. The smallest absolute Gasteiger partial charge is 0.188 e. The molecule has 1 N–H and O–H groups in total. The number of aromatic nitrogens is 3. The average molecular weight is 404 g/mol. The van der Waals surface area contributed by atoms with Crippen LogP contribution in [0.1, 0.15) is 38.4 Å². The highest BCUT2D eigenvalue weighted by Crippen LogP contribution is 2.41. The minimum atomic E-state index is -0.149. The van der Waals surface area contributed by atoms with Gasteiger partial charge in [0.05, 0.1) is 16.2 Å². The number of hydrogen-bond donors (Lipinski definition) is 1. The lowest BCUT2D eigenvalue weighted by molar-refractivity contribution is 0.193. The van der Waals surface area contributed by atoms with E-state index >= 15 is 0 Å². The van der Waals surface area contributed by atoms with Crippen LogP contribution in [0.5, 0.6) is 5.75 Å². The average Bonchev–Trinajstić information content (AvgIpc) is 3.17. The quantitative estimate of drug-likeness (QED) is 0.732. The highest BCUT2D eigenvalue weighted by molar-refractivity contribution is 6.37. The van der Waals surface area contributed by atoms with Crippen LogP contribution in [0.4, 0.5) is 0 Å². The lowest BCUT2D eigenvalue weighted by Gasteiger charge is -2.22. The van der Waals surface area contributed by atoms with Gasteiger partial charge in [0.2, 0.25) is 0 Å². The third kappa shape index (κ3) is 3.66. The molecule has 4 rings (SSSR count). The van der Waals surface area contributed by atoms with Gasteiger partial charge in [-0.2, -0.15) is 0 Å². The number of benzene rings is 1. The maximum atomic E-state index is 9.66. The number of ether oxygens (including phenoxy) is 1. The minimum absolute atomic E-state index is 0.149. The Morgan fingerprint density at radius 3 is 2.67 bits per heavy atom. The Morgan fingerprint density at radius 1 is 1.19 bits per heavy atom. The van der Waals surface area contributed by atoms with Gasteiger partial charge < -0.3 is 9.84 Å². The molecule has 0 radical (unpaired) electrons. The van der Waals surface area contributed by atoms with Gasteiger partial charge in [-0.3, -0.25) is 0 Å². The van der Waals surface area contributed by atoms with E-state index in [-0.39, 0.29) is 22.4 Å². The maximum Gasteiger partial charge on any atom is 0.188 e. The van der Waals surface area contributed by atoms with Crippen LogP contribution in [-0.4, -0.2) is 20.3 Å². The molecule has 0 saturated carbocycles. The van der Waals surface area contributed by atoms with Crippen molar-refractivity contribution in [2.24, 2.45) is 5.92 Å². The van der Waals surface area contributed by atoms with Gasteiger partial charge in [0.1, 0.15) is 18.1 Å². The summed E-state index contributed by atoms with van der Waals surface area (Å²) in [5, 5.41) is 18.3. The van der Waals surface area contributed by atoms with Crippen molar-refractivity contribution in [3.05, 3.63) is 57.2 Å². The molecule has 27 heavy (non-hydrogen) atoms. The fraction of sp³-hybridized carbons (Fsp3) is 0.350. The van der Waals surface area contributed by atoms with Gasteiger partial charge in [-0.25, -0.2) is 4.98 Å². The van der Waals surface area contributed by atoms with Gasteiger partial charge in [0.25, 0.3) is 0 Å². The number of nitrogens with zero attached hydrogens (tertiary/aromatic N) is 3. The Hall–Kier alpha value is -2.11. The molecule has 140 valence electrons. The summed E-state index contributed by atoms with van der Waals surface area (Å²) in [6.07, 6.45) is 8.28. The summed E-state index contributed by atoms with van der Waals surface area (Å²) in [5.41, 5.74) is 4.07. The summed E-state index contributed by atoms with van der Waals surface area (Å²) in [5.74, 6) is 1.96. The van der Waals surface area contributed by atoms with Crippen molar-refractivity contribution in [3.63, 3.8) is 0 Å². The molecule has 2 aliphatic carbocycles. The standard InChI is InChI=1S/C20H19Cl2N3O2/c1-11-5-6-18(14-4-2-3-13(11)14)27-10-19-23-9-17(24-25-19)12-7-15(21)20(26)16(22)8-12/h6-9,11,26H,2-5,10H2,1H3. The monoisotopic (exact) mass is 403 g/mol. The molecular weight excluding hydrogens is 385 g/mol. The van der Waals surface area contributed by atoms with E-state index in [0.717, 1.165) is 18.6 Å². The summed E-state index contributed by atoms with van der Waals surface area (Å²) in [6.45, 7) is 2.56. The van der Waals surface area contributed by atoms with Gasteiger partial charge in [0, 0.05) is 5.56 Å². The zero-order valence-electron chi connectivity index (χ0n) is 14.9. The van der Waals surface area contributed by atoms with E-state index in [4.69, 9.17) is 27.9 Å². The third-order valence-electron chi connectivity index (χ3n) is 5.09. The fourth-order valence-electron chi connectivity index (χ4n) is 3.64. The molecule has 1 aromatic heterocycles. The van der Waals surface area contributed by atoms with Gasteiger partial charge in [-0.1, -0.05) is 35.7 Å². The highest BCUT2D eigenvalue weighted by Gasteiger charge is 2.26. The number of aromatic hydroxyl groups is 1. The topological polar surface area (TPSA) is 68.1 Å². The predicted octanol–water partition coefficient (Wildman–Crippen LogP) is 5.47. The van der Waals surface area contributed by atoms with Gasteiger partial charge >= 0.3 is 0 Å². The third-order valence-corrected chi connectivity index (χ3v) is 5.66. The predicted molar refractivity (Wildman–Crippen MR) is 104 cm³/mol. The fourth-order valence-corrected chi connectivity index (χ4v) is 4.13. The molecule has 1 unspecified atom stereocenters. The van der Waals surface area contributed by atoms with Crippen molar-refractivity contribution in [2.75, 3.05) is 0 Å². The molecule has 0 fully saturated rings. The van der Waals surface area contributed by atoms with Crippen molar-refractivity contribution in [1.29, 1.82) is 0 Å². The zero-order valence-corrected chi connectivity index (χ0v) is 16.4. The lowest BCUT2D eigenvalue weighted by atomic mass is 9.89. The van der Waals surface area contributed by atoms with Crippen LogP contribution in [-0.2, 0) is 11.3 Å². The largest absolute Gasteiger partial charge is 0.505 e. The molecule has 1 aromatic carbocycles. The van der Waals surface area contributed by atoms with E-state index in [1.165, 1.54) is 18.4 Å². The molecule has 0 aliphatic heterocycles. The van der Waals surface area contributed by atoms with Crippen molar-refractivity contribution in [3.8, 4) is 17.0 Å². The van der Waals surface area contributed by atoms with Crippen LogP contribution in [0.2, 0.25) is 10.0 Å². The minimum Gasteiger partial charge on any atom is -0.505 e. The van der Waals surface area contributed by atoms with Crippen LogP contribution in [0.25, 0.3) is 11.3 Å². The molecule has 1 heterocycles. The molecular formula is C20H19Cl2N3O2. The summed E-state index contributed by atoms with van der Waals surface area (Å²) in [7, 11) is 0. The van der Waals surface area contributed by atoms with E-state index in [1.807, 2.05) is 0 Å². The van der Waals surface area contributed by atoms with Crippen molar-refractivity contribution in [1.82, 2.24) is 15.2 Å². The number of phenols is 1. The Labute approximate surface area is 167 Å². The Bertz CT molecular complexity index is 916. The Balaban J connectivity index is 1.46. The second-order valence-electron chi connectivity index (χ2n) is 6.90. The van der Waals surface area contributed by atoms with Gasteiger partial charge in [-0.15, -0.1) is 10.2 Å². The van der Waals surface area contributed by atoms with Crippen LogP contribution < -0.4 is 0 Å². The Morgan fingerprint density at radius 2 is 1.96 bits per heavy atom. The second kappa shape index (κ2) is 7.49. The molecule has 5 nitrogen and oxygen atoms in total. The first kappa shape index (κ1) is 18.3. The van der Waals surface area contributed by atoms with Crippen molar-refractivity contribution < 1.29 is 9.84 Å². The highest BCUT2D eigenvalue weighted by atomic mass is 35.5. The molecule has 2 aliphatic rings. The summed E-state index contributed by atoms with van der Waals surface area (Å²) in [4.78, 5) is 4.33. The molecule has 0 spiro atoms. The number of allylic oxidation sites excluding steroid dienone is 3. The Kier molecular flexibility index (Phi) is 5.06. The molecule has 0 saturated heterocycles. The van der Waals surface area contributed by atoms with Crippen LogP contribution >= 0.6 is 23.2 Å². The second-order valence-corrected chi connectivity index (χ2v) is 7.71. The zero-order chi connectivity index (χ0) is 19.0. The van der Waals surface area contributed by atoms with E-state index in [9.17, 15) is 5.11 Å². The molecule has 1 atom stereocenters. The molecule has 0 bridgehead atoms. The SMILES string of the molecule is CC1CC=C(OCc2ncc(-c3cc(Cl)c(O)c(Cl)c3)nn2)C2=C1CCC2. The maximum absolute atomic E-state index is 9.66.